The van der Waals surface area contributed by atoms with Crippen LogP contribution in [0, 0.1) is 6.20 Å². The summed E-state index contributed by atoms with van der Waals surface area (Å²) in [6, 6.07) is 3.87. The summed E-state index contributed by atoms with van der Waals surface area (Å²) >= 11 is 0. The maximum Gasteiger partial charge on any atom is 0.0692 e. The fourth-order valence-electron chi connectivity index (χ4n) is 0.755. The van der Waals surface area contributed by atoms with Gasteiger partial charge in [-0.25, -0.2) is 0 Å². The summed E-state index contributed by atoms with van der Waals surface area (Å²) in [4.78, 5) is 0. The molecule has 1 rings (SSSR count). The molecule has 0 bridgehead atoms. The molecule has 0 saturated heterocycles. The lowest BCUT2D eigenvalue weighted by molar-refractivity contribution is 0.955. The van der Waals surface area contributed by atoms with Crippen molar-refractivity contribution in [2.45, 2.75) is 19.8 Å². The van der Waals surface area contributed by atoms with Crippen LogP contribution in [0.25, 0.3) is 6.20 Å². The van der Waals surface area contributed by atoms with Crippen LogP contribution in [0.4, 0.5) is 0 Å². The van der Waals surface area contributed by atoms with Gasteiger partial charge in [-0.15, -0.1) is 0 Å². The van der Waals surface area contributed by atoms with E-state index in [1.54, 1.807) is 0 Å². The van der Waals surface area contributed by atoms with Gasteiger partial charge in [-0.3, -0.25) is 0 Å². The maximum absolute atomic E-state index is 3.03. The van der Waals surface area contributed by atoms with Crippen molar-refractivity contribution >= 4 is 6.20 Å². The van der Waals surface area contributed by atoms with E-state index in [1.165, 1.54) is 6.42 Å². The number of allylic oxidation sites excluding steroid dienone is 1. The van der Waals surface area contributed by atoms with E-state index in [1.807, 2.05) is 29.1 Å². The molecule has 10 heavy (non-hydrogen) atoms. The van der Waals surface area contributed by atoms with Crippen molar-refractivity contribution < 1.29 is 0 Å². The molecule has 1 radical (unpaired) electrons. The average Bonchev–Trinajstić information content (AvgIpc) is 2.41. The summed E-state index contributed by atoms with van der Waals surface area (Å²) in [5.74, 6) is 0. The van der Waals surface area contributed by atoms with Crippen molar-refractivity contribution in [3.8, 4) is 0 Å². The van der Waals surface area contributed by atoms with E-state index in [0.29, 0.717) is 0 Å². The molecule has 0 saturated carbocycles. The van der Waals surface area contributed by atoms with Gasteiger partial charge in [0, 0.05) is 12.4 Å². The van der Waals surface area contributed by atoms with Gasteiger partial charge in [0.15, 0.2) is 0 Å². The molecular formula is C9H12N. The third-order valence-electron chi connectivity index (χ3n) is 1.29. The second kappa shape index (κ2) is 3.94. The molecule has 0 aliphatic rings. The maximum atomic E-state index is 3.03. The van der Waals surface area contributed by atoms with Crippen molar-refractivity contribution in [3.63, 3.8) is 0 Å². The molecule has 53 valence electrons. The number of hydrogen-bond donors (Lipinski definition) is 0. The van der Waals surface area contributed by atoms with Gasteiger partial charge in [0.25, 0.3) is 0 Å². The number of rotatable bonds is 3. The van der Waals surface area contributed by atoms with Crippen LogP contribution in [-0.4, -0.2) is 4.57 Å². The molecule has 0 atom stereocenters. The molecule has 0 fully saturated rings. The first-order valence-electron chi connectivity index (χ1n) is 3.64. The zero-order valence-corrected chi connectivity index (χ0v) is 6.25. The van der Waals surface area contributed by atoms with E-state index in [9.17, 15) is 0 Å². The fourth-order valence-corrected chi connectivity index (χ4v) is 0.755. The smallest absolute Gasteiger partial charge is 0.0692 e. The van der Waals surface area contributed by atoms with Crippen molar-refractivity contribution in [2.24, 2.45) is 0 Å². The molecule has 0 amide bonds. The molecular weight excluding hydrogens is 122 g/mol. The Morgan fingerprint density at radius 2 is 2.50 bits per heavy atom. The summed E-state index contributed by atoms with van der Waals surface area (Å²) in [6.07, 6.45) is 11.5. The predicted molar refractivity (Wildman–Crippen MR) is 43.5 cm³/mol. The Bertz CT molecular complexity index is 185. The zero-order valence-electron chi connectivity index (χ0n) is 6.25. The van der Waals surface area contributed by atoms with Crippen molar-refractivity contribution in [3.05, 3.63) is 30.6 Å². The SMILES string of the molecule is CCC/C=C/n1[c]ccc1. The largest absolute Gasteiger partial charge is 0.322 e. The Hall–Kier alpha value is -0.980. The van der Waals surface area contributed by atoms with E-state index < -0.39 is 0 Å². The van der Waals surface area contributed by atoms with E-state index in [-0.39, 0.29) is 0 Å². The Morgan fingerprint density at radius 3 is 3.10 bits per heavy atom. The Balaban J connectivity index is 2.40. The van der Waals surface area contributed by atoms with Gasteiger partial charge in [-0.05, 0) is 18.6 Å². The van der Waals surface area contributed by atoms with Gasteiger partial charge in [0.2, 0.25) is 0 Å². The third kappa shape index (κ3) is 2.09. The van der Waals surface area contributed by atoms with Gasteiger partial charge in [-0.2, -0.15) is 0 Å². The van der Waals surface area contributed by atoms with Gasteiger partial charge in [-0.1, -0.05) is 19.4 Å². The summed E-state index contributed by atoms with van der Waals surface area (Å²) in [5.41, 5.74) is 0. The van der Waals surface area contributed by atoms with Crippen LogP contribution in [0.2, 0.25) is 0 Å². The van der Waals surface area contributed by atoms with E-state index in [0.717, 1.165) is 6.42 Å². The van der Waals surface area contributed by atoms with E-state index in [2.05, 4.69) is 19.2 Å². The second-order valence-electron chi connectivity index (χ2n) is 2.22. The third-order valence-corrected chi connectivity index (χ3v) is 1.29. The number of aromatic nitrogens is 1. The lowest BCUT2D eigenvalue weighted by Crippen LogP contribution is -1.77. The van der Waals surface area contributed by atoms with Crippen LogP contribution in [-0.2, 0) is 0 Å². The van der Waals surface area contributed by atoms with Crippen molar-refractivity contribution in [1.29, 1.82) is 0 Å². The zero-order chi connectivity index (χ0) is 7.23. The van der Waals surface area contributed by atoms with Crippen LogP contribution >= 0.6 is 0 Å². The van der Waals surface area contributed by atoms with Crippen LogP contribution in [0.5, 0.6) is 0 Å². The minimum atomic E-state index is 1.14. The number of nitrogens with zero attached hydrogens (tertiary/aromatic N) is 1. The van der Waals surface area contributed by atoms with Crippen molar-refractivity contribution in [1.82, 2.24) is 4.57 Å². The fraction of sp³-hybridized carbons (Fsp3) is 0.333. The minimum Gasteiger partial charge on any atom is -0.322 e. The van der Waals surface area contributed by atoms with Gasteiger partial charge >= 0.3 is 0 Å². The topological polar surface area (TPSA) is 4.93 Å². The molecule has 1 nitrogen and oxygen atoms in total. The Labute approximate surface area is 62.0 Å². The highest BCUT2D eigenvalue weighted by Crippen LogP contribution is 1.93. The molecule has 0 spiro atoms. The highest BCUT2D eigenvalue weighted by Gasteiger charge is 1.78. The highest BCUT2D eigenvalue weighted by atomic mass is 14.9. The highest BCUT2D eigenvalue weighted by molar-refractivity contribution is 5.22. The van der Waals surface area contributed by atoms with Gasteiger partial charge < -0.3 is 4.57 Å². The molecule has 0 N–H and O–H groups in total. The Morgan fingerprint density at radius 1 is 1.60 bits per heavy atom. The molecule has 0 aliphatic heterocycles. The lowest BCUT2D eigenvalue weighted by atomic mass is 10.3. The monoisotopic (exact) mass is 134 g/mol. The summed E-state index contributed by atoms with van der Waals surface area (Å²) in [5, 5.41) is 0. The van der Waals surface area contributed by atoms with Gasteiger partial charge in [0.05, 0.1) is 6.20 Å². The van der Waals surface area contributed by atoms with Crippen LogP contribution in [0.1, 0.15) is 19.8 Å². The standard InChI is InChI=1S/C9H12N/c1-2-3-4-7-10-8-5-6-9-10/h4-8H,2-3H2,1H3/b7-4+. The molecule has 1 heterocycles. The van der Waals surface area contributed by atoms with Crippen LogP contribution in [0.3, 0.4) is 0 Å². The van der Waals surface area contributed by atoms with Crippen molar-refractivity contribution in [2.75, 3.05) is 0 Å². The van der Waals surface area contributed by atoms with E-state index in [4.69, 9.17) is 0 Å². The van der Waals surface area contributed by atoms with Gasteiger partial charge in [0.1, 0.15) is 0 Å². The first-order valence-corrected chi connectivity index (χ1v) is 3.64. The summed E-state index contributed by atoms with van der Waals surface area (Å²) in [6.45, 7) is 2.17. The normalized spacial score (nSPS) is 10.9. The lowest BCUT2D eigenvalue weighted by Gasteiger charge is -1.88. The minimum absolute atomic E-state index is 1.14. The Kier molecular flexibility index (Phi) is 2.81. The molecule has 1 aromatic rings. The molecule has 1 heteroatoms. The molecule has 1 aromatic heterocycles. The summed E-state index contributed by atoms with van der Waals surface area (Å²) in [7, 11) is 0. The molecule has 0 aromatic carbocycles. The quantitative estimate of drug-likeness (QED) is 0.598. The number of hydrogen-bond acceptors (Lipinski definition) is 0. The first kappa shape index (κ1) is 7.13. The van der Waals surface area contributed by atoms with Crippen LogP contribution in [0.15, 0.2) is 24.4 Å². The first-order chi connectivity index (χ1) is 4.93. The predicted octanol–water partition coefficient (Wildman–Crippen LogP) is 2.56. The molecule has 0 unspecified atom stereocenters. The van der Waals surface area contributed by atoms with E-state index >= 15 is 0 Å². The summed E-state index contributed by atoms with van der Waals surface area (Å²) < 4.78 is 1.93. The van der Waals surface area contributed by atoms with Crippen LogP contribution < -0.4 is 0 Å². The average molecular weight is 134 g/mol. The second-order valence-corrected chi connectivity index (χ2v) is 2.22. The molecule has 0 aliphatic carbocycles. The number of unbranched alkanes of at least 4 members (excludes halogenated alkanes) is 1.